The SMILES string of the molecule is CCOC(=O)c1ccccc1-c1ccc(C#N)c(OC(O)CCNC(C)(C)Cc2ccc3ccccc3c2)c1. The van der Waals surface area contributed by atoms with Crippen LogP contribution in [0.1, 0.15) is 48.7 Å². The number of hydrogen-bond acceptors (Lipinski definition) is 6. The van der Waals surface area contributed by atoms with Gasteiger partial charge in [-0.15, -0.1) is 0 Å². The number of esters is 1. The molecule has 0 radical (unpaired) electrons. The van der Waals surface area contributed by atoms with Crippen LogP contribution in [0.4, 0.5) is 0 Å². The number of carbonyl (C=O) groups excluding carboxylic acids is 1. The maximum Gasteiger partial charge on any atom is 0.338 e. The second-order valence-electron chi connectivity index (χ2n) is 10.1. The Labute approximate surface area is 229 Å². The number of rotatable bonds is 11. The lowest BCUT2D eigenvalue weighted by molar-refractivity contribution is -0.0234. The van der Waals surface area contributed by atoms with Gasteiger partial charge < -0.3 is 19.9 Å². The molecule has 39 heavy (non-hydrogen) atoms. The highest BCUT2D eigenvalue weighted by atomic mass is 16.6. The van der Waals surface area contributed by atoms with Crippen molar-refractivity contribution in [3.8, 4) is 22.9 Å². The summed E-state index contributed by atoms with van der Waals surface area (Å²) in [6.45, 7) is 6.82. The summed E-state index contributed by atoms with van der Waals surface area (Å²) in [7, 11) is 0. The molecule has 0 bridgehead atoms. The number of carbonyl (C=O) groups is 1. The second-order valence-corrected chi connectivity index (χ2v) is 10.1. The van der Waals surface area contributed by atoms with Gasteiger partial charge in [0.1, 0.15) is 11.8 Å². The van der Waals surface area contributed by atoms with Gasteiger partial charge in [0.05, 0.1) is 17.7 Å². The summed E-state index contributed by atoms with van der Waals surface area (Å²) in [5.41, 5.74) is 3.12. The fraction of sp³-hybridized carbons (Fsp3) is 0.273. The fourth-order valence-corrected chi connectivity index (χ4v) is 4.66. The molecule has 0 amide bonds. The van der Waals surface area contributed by atoms with E-state index in [0.29, 0.717) is 35.2 Å². The van der Waals surface area contributed by atoms with Crippen molar-refractivity contribution in [3.05, 3.63) is 102 Å². The summed E-state index contributed by atoms with van der Waals surface area (Å²) in [5.74, 6) is -0.158. The van der Waals surface area contributed by atoms with E-state index in [0.717, 1.165) is 6.42 Å². The predicted molar refractivity (Wildman–Crippen MR) is 154 cm³/mol. The van der Waals surface area contributed by atoms with E-state index in [1.165, 1.54) is 16.3 Å². The van der Waals surface area contributed by atoms with E-state index in [-0.39, 0.29) is 17.9 Å². The first-order valence-electron chi connectivity index (χ1n) is 13.2. The summed E-state index contributed by atoms with van der Waals surface area (Å²) in [6, 6.07) is 29.1. The molecule has 200 valence electrons. The van der Waals surface area contributed by atoms with Crippen molar-refractivity contribution in [2.45, 2.75) is 45.4 Å². The van der Waals surface area contributed by atoms with Crippen molar-refractivity contribution < 1.29 is 19.4 Å². The van der Waals surface area contributed by atoms with Crippen LogP contribution in [-0.2, 0) is 11.2 Å². The minimum absolute atomic E-state index is 0.198. The Morgan fingerprint density at radius 1 is 1.00 bits per heavy atom. The highest BCUT2D eigenvalue weighted by Gasteiger charge is 2.20. The van der Waals surface area contributed by atoms with Crippen LogP contribution >= 0.6 is 0 Å². The normalized spacial score (nSPS) is 12.1. The minimum Gasteiger partial charge on any atom is -0.464 e. The lowest BCUT2D eigenvalue weighted by Gasteiger charge is -2.27. The van der Waals surface area contributed by atoms with Crippen LogP contribution in [0.3, 0.4) is 0 Å². The van der Waals surface area contributed by atoms with Crippen molar-refractivity contribution in [2.24, 2.45) is 0 Å². The van der Waals surface area contributed by atoms with Gasteiger partial charge in [0.25, 0.3) is 0 Å². The summed E-state index contributed by atoms with van der Waals surface area (Å²) >= 11 is 0. The first-order chi connectivity index (χ1) is 18.8. The van der Waals surface area contributed by atoms with Gasteiger partial charge in [0.2, 0.25) is 0 Å². The molecule has 0 fully saturated rings. The highest BCUT2D eigenvalue weighted by molar-refractivity contribution is 5.97. The third kappa shape index (κ3) is 7.23. The lowest BCUT2D eigenvalue weighted by Crippen LogP contribution is -2.43. The van der Waals surface area contributed by atoms with E-state index >= 15 is 0 Å². The Kier molecular flexibility index (Phi) is 8.98. The Bertz CT molecular complexity index is 1490. The molecule has 6 heteroatoms. The smallest absolute Gasteiger partial charge is 0.338 e. The molecule has 4 rings (SSSR count). The molecule has 4 aromatic rings. The van der Waals surface area contributed by atoms with Crippen LogP contribution in [0.15, 0.2) is 84.9 Å². The standard InChI is InChI=1S/C33H34N2O4/c1-4-38-32(37)29-12-8-7-11-28(29)26-15-16-27(22-34)30(20-26)39-31(36)17-18-35-33(2,3)21-23-13-14-24-9-5-6-10-25(24)19-23/h5-16,19-20,31,35-36H,4,17-18,21H2,1-3H3. The topological polar surface area (TPSA) is 91.6 Å². The summed E-state index contributed by atoms with van der Waals surface area (Å²) in [5, 5.41) is 26.2. The number of benzene rings is 4. The van der Waals surface area contributed by atoms with Gasteiger partial charge in [0.15, 0.2) is 6.29 Å². The Hall–Kier alpha value is -4.18. The van der Waals surface area contributed by atoms with Gasteiger partial charge in [0, 0.05) is 18.5 Å². The summed E-state index contributed by atoms with van der Waals surface area (Å²) in [4.78, 5) is 12.4. The molecule has 0 aliphatic rings. The lowest BCUT2D eigenvalue weighted by atomic mass is 9.93. The molecule has 0 aliphatic carbocycles. The predicted octanol–water partition coefficient (Wildman–Crippen LogP) is 6.25. The van der Waals surface area contributed by atoms with Gasteiger partial charge in [-0.1, -0.05) is 66.7 Å². The van der Waals surface area contributed by atoms with Crippen LogP contribution in [0.5, 0.6) is 5.75 Å². The van der Waals surface area contributed by atoms with Gasteiger partial charge in [-0.25, -0.2) is 4.79 Å². The molecule has 0 saturated heterocycles. The maximum atomic E-state index is 12.4. The molecular formula is C33H34N2O4. The van der Waals surface area contributed by atoms with Crippen molar-refractivity contribution in [2.75, 3.05) is 13.2 Å². The van der Waals surface area contributed by atoms with Crippen molar-refractivity contribution in [1.29, 1.82) is 5.26 Å². The average molecular weight is 523 g/mol. The van der Waals surface area contributed by atoms with E-state index < -0.39 is 12.3 Å². The number of fused-ring (bicyclic) bond motifs is 1. The first-order valence-corrected chi connectivity index (χ1v) is 13.2. The average Bonchev–Trinajstić information content (AvgIpc) is 2.92. The van der Waals surface area contributed by atoms with Gasteiger partial charge in [-0.05, 0) is 72.9 Å². The number of nitrogens with zero attached hydrogens (tertiary/aromatic N) is 1. The number of nitrogens with one attached hydrogen (secondary N) is 1. The van der Waals surface area contributed by atoms with Crippen LogP contribution in [-0.4, -0.2) is 36.1 Å². The van der Waals surface area contributed by atoms with Crippen molar-refractivity contribution in [3.63, 3.8) is 0 Å². The number of aliphatic hydroxyl groups is 1. The van der Waals surface area contributed by atoms with Crippen LogP contribution in [0, 0.1) is 11.3 Å². The van der Waals surface area contributed by atoms with Crippen LogP contribution in [0.25, 0.3) is 21.9 Å². The van der Waals surface area contributed by atoms with Gasteiger partial charge in [-0.3, -0.25) is 0 Å². The zero-order valence-corrected chi connectivity index (χ0v) is 22.6. The van der Waals surface area contributed by atoms with E-state index in [2.05, 4.69) is 55.6 Å². The summed E-state index contributed by atoms with van der Waals surface area (Å²) < 4.78 is 11.0. The number of hydrogen-bond donors (Lipinski definition) is 2. The molecule has 6 nitrogen and oxygen atoms in total. The minimum atomic E-state index is -1.11. The van der Waals surface area contributed by atoms with E-state index in [1.54, 1.807) is 37.3 Å². The van der Waals surface area contributed by atoms with Crippen molar-refractivity contribution >= 4 is 16.7 Å². The summed E-state index contributed by atoms with van der Waals surface area (Å²) in [6.07, 6.45) is 0.0434. The molecule has 0 saturated carbocycles. The number of ether oxygens (including phenoxy) is 2. The fourth-order valence-electron chi connectivity index (χ4n) is 4.66. The molecular weight excluding hydrogens is 488 g/mol. The zero-order chi connectivity index (χ0) is 27.8. The number of nitriles is 1. The monoisotopic (exact) mass is 522 g/mol. The largest absolute Gasteiger partial charge is 0.464 e. The zero-order valence-electron chi connectivity index (χ0n) is 22.6. The van der Waals surface area contributed by atoms with Crippen LogP contribution < -0.4 is 10.1 Å². The molecule has 0 heterocycles. The quantitative estimate of drug-likeness (QED) is 0.179. The number of aliphatic hydroxyl groups excluding tert-OH is 1. The molecule has 0 aromatic heterocycles. The van der Waals surface area contributed by atoms with Crippen LogP contribution in [0.2, 0.25) is 0 Å². The Balaban J connectivity index is 1.40. The molecule has 1 atom stereocenters. The third-order valence-electron chi connectivity index (χ3n) is 6.55. The molecule has 1 unspecified atom stereocenters. The maximum absolute atomic E-state index is 12.4. The molecule has 0 aliphatic heterocycles. The van der Waals surface area contributed by atoms with E-state index in [4.69, 9.17) is 9.47 Å². The Morgan fingerprint density at radius 3 is 2.51 bits per heavy atom. The van der Waals surface area contributed by atoms with E-state index in [9.17, 15) is 15.2 Å². The second kappa shape index (κ2) is 12.6. The molecule has 4 aromatic carbocycles. The first kappa shape index (κ1) is 27.8. The molecule has 0 spiro atoms. The molecule has 2 N–H and O–H groups in total. The highest BCUT2D eigenvalue weighted by Crippen LogP contribution is 2.30. The third-order valence-corrected chi connectivity index (χ3v) is 6.55. The van der Waals surface area contributed by atoms with Gasteiger partial charge >= 0.3 is 5.97 Å². The van der Waals surface area contributed by atoms with E-state index in [1.807, 2.05) is 24.3 Å². The Morgan fingerprint density at radius 2 is 1.74 bits per heavy atom. The van der Waals surface area contributed by atoms with Crippen molar-refractivity contribution in [1.82, 2.24) is 5.32 Å². The van der Waals surface area contributed by atoms with Gasteiger partial charge in [-0.2, -0.15) is 5.26 Å².